The van der Waals surface area contributed by atoms with E-state index < -0.39 is 47.9 Å². The Morgan fingerprint density at radius 2 is 1.91 bits per heavy atom. The fourth-order valence-electron chi connectivity index (χ4n) is 5.56. The Hall–Kier alpha value is -4.19. The second-order valence-corrected chi connectivity index (χ2v) is 10.9. The number of hydrogen-bond acceptors (Lipinski definition) is 8. The van der Waals surface area contributed by atoms with Crippen LogP contribution in [0.2, 0.25) is 5.02 Å². The molecule has 1 fully saturated rings. The van der Waals surface area contributed by atoms with Crippen molar-refractivity contribution in [3.8, 4) is 11.3 Å². The van der Waals surface area contributed by atoms with E-state index in [2.05, 4.69) is 15.3 Å². The second kappa shape index (κ2) is 13.0. The van der Waals surface area contributed by atoms with E-state index in [9.17, 15) is 23.2 Å². The van der Waals surface area contributed by atoms with Gasteiger partial charge in [0.1, 0.15) is 23.8 Å². The van der Waals surface area contributed by atoms with Crippen LogP contribution in [0, 0.1) is 11.6 Å². The first kappa shape index (κ1) is 30.3. The molecule has 0 saturated carbocycles. The third-order valence-corrected chi connectivity index (χ3v) is 8.08. The van der Waals surface area contributed by atoms with Gasteiger partial charge in [0.05, 0.1) is 49.2 Å². The van der Waals surface area contributed by atoms with Gasteiger partial charge in [-0.3, -0.25) is 9.69 Å². The minimum atomic E-state index is -1.13. The highest BCUT2D eigenvalue weighted by molar-refractivity contribution is 6.30. The number of nitrogens with one attached hydrogen (secondary N) is 2. The van der Waals surface area contributed by atoms with Gasteiger partial charge in [-0.1, -0.05) is 36.6 Å². The lowest BCUT2D eigenvalue weighted by Gasteiger charge is -2.36. The standard InChI is InChI=1S/C30H31ClF2N4O6/c1-41-25(38)14-16-7-8-17-21(13-16)35-20(29(39)42-2)5-3-4-6-23(28-34-15-22(17)36-28)37-12-11-24(43-30(37)40)26-19(32)10-9-18(31)27(26)33/h7-10,13,15,20,23-24,35H,3-6,11-12,14H2,1-2H3,(H,34,36)/t20-,23+,24?/m1/s1. The number of imidazole rings is 1. The van der Waals surface area contributed by atoms with Gasteiger partial charge < -0.3 is 24.5 Å². The van der Waals surface area contributed by atoms with Crippen LogP contribution in [0.4, 0.5) is 19.3 Å². The molecule has 2 aliphatic rings. The second-order valence-electron chi connectivity index (χ2n) is 10.4. The molecule has 1 aromatic heterocycles. The van der Waals surface area contributed by atoms with Crippen molar-refractivity contribution in [2.45, 2.75) is 56.7 Å². The summed E-state index contributed by atoms with van der Waals surface area (Å²) in [5, 5.41) is 3.03. The summed E-state index contributed by atoms with van der Waals surface area (Å²) < 4.78 is 44.6. The van der Waals surface area contributed by atoms with Gasteiger partial charge in [0, 0.05) is 24.2 Å². The highest BCUT2D eigenvalue weighted by atomic mass is 35.5. The van der Waals surface area contributed by atoms with Crippen molar-refractivity contribution < 1.29 is 37.4 Å². The number of fused-ring (bicyclic) bond motifs is 4. The molecule has 3 aromatic rings. The van der Waals surface area contributed by atoms with E-state index in [-0.39, 0.29) is 30.0 Å². The van der Waals surface area contributed by atoms with Crippen LogP contribution in [0.5, 0.6) is 0 Å². The van der Waals surface area contributed by atoms with Gasteiger partial charge in [-0.2, -0.15) is 0 Å². The van der Waals surface area contributed by atoms with Crippen LogP contribution >= 0.6 is 11.6 Å². The number of carbonyl (C=O) groups is 3. The van der Waals surface area contributed by atoms with Crippen LogP contribution in [0.1, 0.15) is 61.2 Å². The SMILES string of the molecule is COC(=O)Cc1ccc2c(c1)N[C@@H](C(=O)OC)CCCC[C@H](N1CCC(c3c(F)ccc(Cl)c3F)OC1=O)c1ncc-2[nH]1. The van der Waals surface area contributed by atoms with E-state index in [1.54, 1.807) is 24.4 Å². The van der Waals surface area contributed by atoms with Crippen molar-refractivity contribution in [3.05, 3.63) is 70.1 Å². The van der Waals surface area contributed by atoms with Crippen molar-refractivity contribution in [2.75, 3.05) is 26.1 Å². The number of aromatic amines is 1. The zero-order valence-electron chi connectivity index (χ0n) is 23.6. The van der Waals surface area contributed by atoms with Crippen LogP contribution in [0.25, 0.3) is 11.3 Å². The van der Waals surface area contributed by atoms with E-state index in [1.165, 1.54) is 19.1 Å². The number of rotatable bonds is 5. The molecule has 3 heterocycles. The third-order valence-electron chi connectivity index (χ3n) is 7.78. The summed E-state index contributed by atoms with van der Waals surface area (Å²) in [7, 11) is 2.64. The molecule has 2 aliphatic heterocycles. The van der Waals surface area contributed by atoms with Crippen LogP contribution in [-0.4, -0.2) is 59.7 Å². The number of amides is 1. The van der Waals surface area contributed by atoms with Gasteiger partial charge in [0.25, 0.3) is 0 Å². The van der Waals surface area contributed by atoms with Crippen molar-refractivity contribution in [3.63, 3.8) is 0 Å². The van der Waals surface area contributed by atoms with Gasteiger partial charge in [-0.05, 0) is 36.6 Å². The molecular formula is C30H31ClF2N4O6. The Balaban J connectivity index is 1.46. The molecule has 43 heavy (non-hydrogen) atoms. The first-order valence-electron chi connectivity index (χ1n) is 13.9. The number of benzene rings is 2. The molecule has 2 bridgehead atoms. The van der Waals surface area contributed by atoms with E-state index in [0.717, 1.165) is 12.1 Å². The highest BCUT2D eigenvalue weighted by Crippen LogP contribution is 2.38. The lowest BCUT2D eigenvalue weighted by atomic mass is 9.99. The number of aromatic nitrogens is 2. The van der Waals surface area contributed by atoms with Crippen LogP contribution < -0.4 is 5.32 Å². The zero-order valence-corrected chi connectivity index (χ0v) is 24.4. The number of carbonyl (C=O) groups excluding carboxylic acids is 3. The summed E-state index contributed by atoms with van der Waals surface area (Å²) in [6, 6.07) is 6.34. The molecule has 0 radical (unpaired) electrons. The molecular weight excluding hydrogens is 586 g/mol. The molecule has 0 aliphatic carbocycles. The normalized spacial score (nSPS) is 20.5. The minimum Gasteiger partial charge on any atom is -0.469 e. The number of nitrogens with zero attached hydrogens (tertiary/aromatic N) is 2. The Labute approximate surface area is 251 Å². The van der Waals surface area contributed by atoms with Gasteiger partial charge in [0.2, 0.25) is 0 Å². The largest absolute Gasteiger partial charge is 0.469 e. The minimum absolute atomic E-state index is 0.0473. The molecule has 13 heteroatoms. The predicted octanol–water partition coefficient (Wildman–Crippen LogP) is 5.88. The number of hydrogen-bond donors (Lipinski definition) is 2. The molecule has 0 spiro atoms. The molecule has 2 N–H and O–H groups in total. The molecule has 3 atom stereocenters. The average Bonchev–Trinajstić information content (AvgIpc) is 3.48. The van der Waals surface area contributed by atoms with E-state index in [4.69, 9.17) is 25.8 Å². The summed E-state index contributed by atoms with van der Waals surface area (Å²) in [5.41, 5.74) is 2.21. The van der Waals surface area contributed by atoms with Gasteiger partial charge in [-0.25, -0.2) is 23.4 Å². The Kier molecular flexibility index (Phi) is 9.14. The number of esters is 2. The van der Waals surface area contributed by atoms with Crippen molar-refractivity contribution in [1.82, 2.24) is 14.9 Å². The van der Waals surface area contributed by atoms with Crippen molar-refractivity contribution in [2.24, 2.45) is 0 Å². The van der Waals surface area contributed by atoms with Gasteiger partial charge in [0.15, 0.2) is 5.82 Å². The number of halogens is 3. The van der Waals surface area contributed by atoms with Crippen LogP contribution in [0.15, 0.2) is 36.5 Å². The van der Waals surface area contributed by atoms with E-state index in [0.29, 0.717) is 54.0 Å². The number of cyclic esters (lactones) is 1. The lowest BCUT2D eigenvalue weighted by molar-refractivity contribution is -0.142. The quantitative estimate of drug-likeness (QED) is 0.207. The van der Waals surface area contributed by atoms with E-state index >= 15 is 0 Å². The fraction of sp³-hybridized carbons (Fsp3) is 0.400. The topological polar surface area (TPSA) is 123 Å². The smallest absolute Gasteiger partial charge is 0.411 e. The van der Waals surface area contributed by atoms with Crippen molar-refractivity contribution in [1.29, 1.82) is 0 Å². The third kappa shape index (κ3) is 6.43. The molecule has 5 rings (SSSR count). The Morgan fingerprint density at radius 1 is 1.12 bits per heavy atom. The lowest BCUT2D eigenvalue weighted by Crippen LogP contribution is -2.42. The van der Waals surface area contributed by atoms with Crippen LogP contribution in [-0.2, 0) is 30.2 Å². The molecule has 228 valence electrons. The summed E-state index contributed by atoms with van der Waals surface area (Å²) in [5.74, 6) is -2.11. The molecule has 1 saturated heterocycles. The monoisotopic (exact) mass is 616 g/mol. The fourth-order valence-corrected chi connectivity index (χ4v) is 5.73. The summed E-state index contributed by atoms with van der Waals surface area (Å²) in [4.78, 5) is 47.3. The zero-order chi connectivity index (χ0) is 30.7. The maximum Gasteiger partial charge on any atom is 0.411 e. The molecule has 1 unspecified atom stereocenters. The number of H-pyrrole nitrogens is 1. The van der Waals surface area contributed by atoms with Crippen molar-refractivity contribution >= 4 is 35.3 Å². The predicted molar refractivity (Wildman–Crippen MR) is 152 cm³/mol. The Bertz CT molecular complexity index is 1530. The van der Waals surface area contributed by atoms with Gasteiger partial charge >= 0.3 is 18.0 Å². The first-order chi connectivity index (χ1) is 20.7. The summed E-state index contributed by atoms with van der Waals surface area (Å²) in [6.07, 6.45) is 2.13. The maximum atomic E-state index is 14.7. The van der Waals surface area contributed by atoms with Gasteiger partial charge in [-0.15, -0.1) is 0 Å². The number of anilines is 1. The van der Waals surface area contributed by atoms with E-state index in [1.807, 2.05) is 0 Å². The number of ether oxygens (including phenoxy) is 3. The summed E-state index contributed by atoms with van der Waals surface area (Å²) in [6.45, 7) is 0.162. The number of methoxy groups -OCH3 is 2. The molecule has 10 nitrogen and oxygen atoms in total. The molecule has 1 amide bonds. The Morgan fingerprint density at radius 3 is 2.65 bits per heavy atom. The maximum absolute atomic E-state index is 14.7. The molecule has 2 aromatic carbocycles. The van der Waals surface area contributed by atoms with Crippen LogP contribution in [0.3, 0.4) is 0 Å². The first-order valence-corrected chi connectivity index (χ1v) is 14.3. The average molecular weight is 617 g/mol. The summed E-state index contributed by atoms with van der Waals surface area (Å²) >= 11 is 5.86. The highest BCUT2D eigenvalue weighted by Gasteiger charge is 2.37.